The lowest BCUT2D eigenvalue weighted by Crippen LogP contribution is -2.27. The molecule has 0 aromatic carbocycles. The molecule has 0 radical (unpaired) electrons. The molecule has 1 rings (SSSR count). The van der Waals surface area contributed by atoms with E-state index in [1.165, 1.54) is 0 Å². The quantitative estimate of drug-likeness (QED) is 0.835. The fourth-order valence-corrected chi connectivity index (χ4v) is 1.42. The zero-order chi connectivity index (χ0) is 12.8. The molecule has 0 aliphatic carbocycles. The van der Waals surface area contributed by atoms with Gasteiger partial charge in [-0.1, -0.05) is 0 Å². The van der Waals surface area contributed by atoms with E-state index < -0.39 is 0 Å². The zero-order valence-electron chi connectivity index (χ0n) is 10.3. The molecule has 0 bridgehead atoms. The number of carbonyl (C=O) groups excluding carboxylic acids is 1. The fourth-order valence-electron chi connectivity index (χ4n) is 1.42. The summed E-state index contributed by atoms with van der Waals surface area (Å²) in [5, 5.41) is 11.4. The second kappa shape index (κ2) is 5.85. The Morgan fingerprint density at radius 1 is 1.59 bits per heavy atom. The summed E-state index contributed by atoms with van der Waals surface area (Å²) in [6.45, 7) is 2.41. The summed E-state index contributed by atoms with van der Waals surface area (Å²) >= 11 is 0. The normalized spacial score (nSPS) is 9.53. The van der Waals surface area contributed by atoms with Crippen molar-refractivity contribution in [2.45, 2.75) is 13.3 Å². The maximum absolute atomic E-state index is 11.1. The van der Waals surface area contributed by atoms with Crippen molar-refractivity contribution in [2.75, 3.05) is 25.5 Å². The molecule has 0 aliphatic rings. The molecule has 0 saturated carbocycles. The molecule has 0 unspecified atom stereocenters. The summed E-state index contributed by atoms with van der Waals surface area (Å²) in [5.41, 5.74) is 1.38. The largest absolute Gasteiger partial charge is 0.359 e. The average molecular weight is 232 g/mol. The lowest BCUT2D eigenvalue weighted by atomic mass is 10.2. The number of carbonyl (C=O) groups is 1. The van der Waals surface area contributed by atoms with Crippen LogP contribution in [0.5, 0.6) is 0 Å². The van der Waals surface area contributed by atoms with Crippen LogP contribution in [0.3, 0.4) is 0 Å². The highest BCUT2D eigenvalue weighted by molar-refractivity contribution is 5.76. The summed E-state index contributed by atoms with van der Waals surface area (Å²) in [5.74, 6) is 0.704. The fraction of sp³-hybridized carbons (Fsp3) is 0.417. The molecule has 17 heavy (non-hydrogen) atoms. The second-order valence-electron chi connectivity index (χ2n) is 3.81. The maximum Gasteiger partial charge on any atom is 0.221 e. The number of amides is 1. The molecule has 0 saturated heterocycles. The minimum absolute atomic E-state index is 0.00925. The van der Waals surface area contributed by atoms with Crippen molar-refractivity contribution in [3.05, 3.63) is 23.4 Å². The first-order valence-corrected chi connectivity index (χ1v) is 5.37. The van der Waals surface area contributed by atoms with Crippen LogP contribution in [0.2, 0.25) is 0 Å². The first kappa shape index (κ1) is 13.0. The van der Waals surface area contributed by atoms with E-state index in [0.29, 0.717) is 24.3 Å². The van der Waals surface area contributed by atoms with Gasteiger partial charge in [0.15, 0.2) is 0 Å². The molecule has 5 heteroatoms. The first-order valence-electron chi connectivity index (χ1n) is 5.37. The Labute approximate surface area is 101 Å². The number of nitriles is 1. The van der Waals surface area contributed by atoms with Crippen LogP contribution in [0.25, 0.3) is 0 Å². The van der Waals surface area contributed by atoms with Crippen molar-refractivity contribution in [3.63, 3.8) is 0 Å². The van der Waals surface area contributed by atoms with Gasteiger partial charge in [0, 0.05) is 32.8 Å². The number of hydrogen-bond donors (Lipinski definition) is 1. The predicted octanol–water partition coefficient (Wildman–Crippen LogP) is 0.834. The summed E-state index contributed by atoms with van der Waals surface area (Å²) in [6, 6.07) is 5.54. The molecule has 1 N–H and O–H groups in total. The third kappa shape index (κ3) is 3.76. The summed E-state index contributed by atoms with van der Waals surface area (Å²) in [7, 11) is 3.47. The minimum atomic E-state index is -0.00925. The van der Waals surface area contributed by atoms with Crippen molar-refractivity contribution in [1.29, 1.82) is 5.26 Å². The number of aromatic nitrogens is 1. The number of nitrogens with one attached hydrogen (secondary N) is 1. The Balaban J connectivity index is 2.75. The van der Waals surface area contributed by atoms with Crippen LogP contribution in [0, 0.1) is 18.3 Å². The van der Waals surface area contributed by atoms with Gasteiger partial charge in [-0.25, -0.2) is 4.98 Å². The Bertz CT molecular complexity index is 450. The number of rotatable bonds is 4. The molecule has 0 aliphatic heterocycles. The average Bonchev–Trinajstić information content (AvgIpc) is 2.34. The minimum Gasteiger partial charge on any atom is -0.359 e. The molecule has 90 valence electrons. The number of anilines is 1. The standard InChI is InChI=1S/C12H16N4O/c1-9-6-10(8-13)7-11(15-9)16(3)5-4-12(17)14-2/h6-7H,4-5H2,1-3H3,(H,14,17). The predicted molar refractivity (Wildman–Crippen MR) is 65.6 cm³/mol. The van der Waals surface area contributed by atoms with E-state index in [0.717, 1.165) is 5.69 Å². The van der Waals surface area contributed by atoms with Gasteiger partial charge in [0.1, 0.15) is 5.82 Å². The number of nitrogens with zero attached hydrogens (tertiary/aromatic N) is 3. The van der Waals surface area contributed by atoms with Crippen LogP contribution >= 0.6 is 0 Å². The van der Waals surface area contributed by atoms with Crippen LogP contribution in [0.1, 0.15) is 17.7 Å². The van der Waals surface area contributed by atoms with E-state index in [-0.39, 0.29) is 5.91 Å². The molecular formula is C12H16N4O. The smallest absolute Gasteiger partial charge is 0.221 e. The van der Waals surface area contributed by atoms with Crippen molar-refractivity contribution in [3.8, 4) is 6.07 Å². The van der Waals surface area contributed by atoms with Crippen LogP contribution in [0.15, 0.2) is 12.1 Å². The zero-order valence-corrected chi connectivity index (χ0v) is 10.3. The third-order valence-electron chi connectivity index (χ3n) is 2.41. The number of hydrogen-bond acceptors (Lipinski definition) is 4. The van der Waals surface area contributed by atoms with Crippen molar-refractivity contribution in [1.82, 2.24) is 10.3 Å². The highest BCUT2D eigenvalue weighted by atomic mass is 16.1. The van der Waals surface area contributed by atoms with Gasteiger partial charge < -0.3 is 10.2 Å². The van der Waals surface area contributed by atoms with Gasteiger partial charge in [-0.3, -0.25) is 4.79 Å². The van der Waals surface area contributed by atoms with E-state index in [1.54, 1.807) is 19.2 Å². The SMILES string of the molecule is CNC(=O)CCN(C)c1cc(C#N)cc(C)n1. The van der Waals surface area contributed by atoms with E-state index in [4.69, 9.17) is 5.26 Å². The molecule has 5 nitrogen and oxygen atoms in total. The van der Waals surface area contributed by atoms with Crippen LogP contribution in [-0.4, -0.2) is 31.5 Å². The van der Waals surface area contributed by atoms with E-state index in [2.05, 4.69) is 16.4 Å². The van der Waals surface area contributed by atoms with Crippen molar-refractivity contribution >= 4 is 11.7 Å². The summed E-state index contributed by atoms with van der Waals surface area (Å²) < 4.78 is 0. The lowest BCUT2D eigenvalue weighted by molar-refractivity contribution is -0.120. The van der Waals surface area contributed by atoms with E-state index in [9.17, 15) is 4.79 Å². The molecule has 1 aromatic heterocycles. The van der Waals surface area contributed by atoms with Crippen LogP contribution < -0.4 is 10.2 Å². The van der Waals surface area contributed by atoms with Crippen molar-refractivity contribution < 1.29 is 4.79 Å². The van der Waals surface area contributed by atoms with Gasteiger partial charge >= 0.3 is 0 Å². The van der Waals surface area contributed by atoms with E-state index in [1.807, 2.05) is 18.9 Å². The maximum atomic E-state index is 11.1. The van der Waals surface area contributed by atoms with Gasteiger partial charge in [-0.05, 0) is 19.1 Å². The topological polar surface area (TPSA) is 69.0 Å². The Morgan fingerprint density at radius 3 is 2.88 bits per heavy atom. The molecule has 1 heterocycles. The lowest BCUT2D eigenvalue weighted by Gasteiger charge is -2.18. The molecule has 0 atom stereocenters. The van der Waals surface area contributed by atoms with Crippen LogP contribution in [-0.2, 0) is 4.79 Å². The van der Waals surface area contributed by atoms with Crippen LogP contribution in [0.4, 0.5) is 5.82 Å². The monoisotopic (exact) mass is 232 g/mol. The number of pyridine rings is 1. The first-order chi connectivity index (χ1) is 8.06. The molecule has 1 aromatic rings. The van der Waals surface area contributed by atoms with Gasteiger partial charge in [0.2, 0.25) is 5.91 Å². The van der Waals surface area contributed by atoms with Gasteiger partial charge in [0.25, 0.3) is 0 Å². The molecule has 0 fully saturated rings. The third-order valence-corrected chi connectivity index (χ3v) is 2.41. The summed E-state index contributed by atoms with van der Waals surface area (Å²) in [4.78, 5) is 17.3. The van der Waals surface area contributed by atoms with Gasteiger partial charge in [0.05, 0.1) is 11.6 Å². The van der Waals surface area contributed by atoms with E-state index >= 15 is 0 Å². The van der Waals surface area contributed by atoms with Crippen molar-refractivity contribution in [2.24, 2.45) is 0 Å². The Morgan fingerprint density at radius 2 is 2.29 bits per heavy atom. The summed E-state index contributed by atoms with van der Waals surface area (Å²) in [6.07, 6.45) is 0.407. The Kier molecular flexibility index (Phi) is 4.46. The van der Waals surface area contributed by atoms with Gasteiger partial charge in [-0.2, -0.15) is 5.26 Å². The second-order valence-corrected chi connectivity index (χ2v) is 3.81. The number of aryl methyl sites for hydroxylation is 1. The molecular weight excluding hydrogens is 216 g/mol. The van der Waals surface area contributed by atoms with Gasteiger partial charge in [-0.15, -0.1) is 0 Å². The highest BCUT2D eigenvalue weighted by Crippen LogP contribution is 2.13. The highest BCUT2D eigenvalue weighted by Gasteiger charge is 2.07. The Hall–Kier alpha value is -2.09. The molecule has 0 spiro atoms. The molecule has 1 amide bonds.